The average Bonchev–Trinajstić information content (AvgIpc) is 3.23. The SMILES string of the molecule is CCNC(=NCc1cccc(COCCOCC)c1)N(C)CCc1cccs1.I. The molecule has 0 spiro atoms. The average molecular weight is 532 g/mol. The molecule has 29 heavy (non-hydrogen) atoms. The number of aliphatic imine (C=N–C) groups is 1. The molecule has 1 N–H and O–H groups in total. The molecule has 7 heteroatoms. The number of thiophene rings is 1. The molecular formula is C22H34IN3O2S. The Morgan fingerprint density at radius 2 is 1.90 bits per heavy atom. The Morgan fingerprint density at radius 3 is 2.62 bits per heavy atom. The fourth-order valence-corrected chi connectivity index (χ4v) is 3.44. The first-order valence-corrected chi connectivity index (χ1v) is 10.9. The number of nitrogens with one attached hydrogen (secondary N) is 1. The Labute approximate surface area is 196 Å². The van der Waals surface area contributed by atoms with Crippen LogP contribution in [0.1, 0.15) is 29.9 Å². The molecule has 0 fully saturated rings. The van der Waals surface area contributed by atoms with Gasteiger partial charge in [0, 0.05) is 31.6 Å². The minimum absolute atomic E-state index is 0. The maximum Gasteiger partial charge on any atom is 0.193 e. The van der Waals surface area contributed by atoms with Crippen LogP contribution >= 0.6 is 35.3 Å². The summed E-state index contributed by atoms with van der Waals surface area (Å²) in [4.78, 5) is 8.42. The smallest absolute Gasteiger partial charge is 0.193 e. The van der Waals surface area contributed by atoms with E-state index in [1.807, 2.05) is 6.92 Å². The molecule has 0 atom stereocenters. The van der Waals surface area contributed by atoms with Gasteiger partial charge in [-0.2, -0.15) is 0 Å². The molecule has 0 unspecified atom stereocenters. The van der Waals surface area contributed by atoms with E-state index in [4.69, 9.17) is 14.5 Å². The molecular weight excluding hydrogens is 497 g/mol. The van der Waals surface area contributed by atoms with Gasteiger partial charge in [0.05, 0.1) is 26.4 Å². The molecule has 0 aliphatic carbocycles. The third-order valence-corrected chi connectivity index (χ3v) is 5.15. The van der Waals surface area contributed by atoms with Crippen molar-refractivity contribution in [3.05, 3.63) is 57.8 Å². The Bertz CT molecular complexity index is 695. The standard InChI is InChI=1S/C22H33N3O2S.HI/c1-4-23-22(25(3)12-11-21-10-7-15-28-21)24-17-19-8-6-9-20(16-19)18-27-14-13-26-5-2;/h6-10,15-16H,4-5,11-14,17-18H2,1-3H3,(H,23,24);1H. The summed E-state index contributed by atoms with van der Waals surface area (Å²) < 4.78 is 11.0. The van der Waals surface area contributed by atoms with Gasteiger partial charge in [0.25, 0.3) is 0 Å². The summed E-state index contributed by atoms with van der Waals surface area (Å²) in [6, 6.07) is 12.7. The minimum atomic E-state index is 0. The summed E-state index contributed by atoms with van der Waals surface area (Å²) in [7, 11) is 2.09. The molecule has 1 aromatic carbocycles. The number of guanidine groups is 1. The molecule has 5 nitrogen and oxygen atoms in total. The van der Waals surface area contributed by atoms with Crippen LogP contribution in [0.2, 0.25) is 0 Å². The molecule has 0 saturated carbocycles. The molecule has 1 aromatic heterocycles. The Morgan fingerprint density at radius 1 is 1.10 bits per heavy atom. The highest BCUT2D eigenvalue weighted by molar-refractivity contribution is 14.0. The van der Waals surface area contributed by atoms with Gasteiger partial charge in [-0.15, -0.1) is 35.3 Å². The maximum atomic E-state index is 5.67. The minimum Gasteiger partial charge on any atom is -0.379 e. The van der Waals surface area contributed by atoms with Crippen LogP contribution in [-0.2, 0) is 29.0 Å². The highest BCUT2D eigenvalue weighted by Gasteiger charge is 2.06. The Kier molecular flexibility index (Phi) is 14.0. The van der Waals surface area contributed by atoms with Gasteiger partial charge in [-0.1, -0.05) is 30.3 Å². The van der Waals surface area contributed by atoms with E-state index in [1.54, 1.807) is 11.3 Å². The van der Waals surface area contributed by atoms with Gasteiger partial charge in [-0.3, -0.25) is 0 Å². The van der Waals surface area contributed by atoms with E-state index in [-0.39, 0.29) is 24.0 Å². The van der Waals surface area contributed by atoms with Crippen molar-refractivity contribution in [3.8, 4) is 0 Å². The second kappa shape index (κ2) is 15.6. The molecule has 0 saturated heterocycles. The molecule has 1 heterocycles. The number of likely N-dealkylation sites (N-methyl/N-ethyl adjacent to an activating group) is 1. The van der Waals surface area contributed by atoms with Crippen LogP contribution in [0.25, 0.3) is 0 Å². The monoisotopic (exact) mass is 531 g/mol. The fraction of sp³-hybridized carbons (Fsp3) is 0.500. The molecule has 2 rings (SSSR count). The highest BCUT2D eigenvalue weighted by Crippen LogP contribution is 2.10. The summed E-state index contributed by atoms with van der Waals surface area (Å²) in [6.07, 6.45) is 1.03. The van der Waals surface area contributed by atoms with E-state index in [9.17, 15) is 0 Å². The first kappa shape index (κ1) is 25.9. The first-order chi connectivity index (χ1) is 13.7. The molecule has 0 bridgehead atoms. The lowest BCUT2D eigenvalue weighted by molar-refractivity contribution is 0.0453. The summed E-state index contributed by atoms with van der Waals surface area (Å²) in [5.74, 6) is 0.942. The molecule has 162 valence electrons. The molecule has 0 radical (unpaired) electrons. The number of nitrogens with zero attached hydrogens (tertiary/aromatic N) is 2. The fourth-order valence-electron chi connectivity index (χ4n) is 2.74. The first-order valence-electron chi connectivity index (χ1n) is 9.98. The van der Waals surface area contributed by atoms with Gasteiger partial charge in [-0.25, -0.2) is 4.99 Å². The van der Waals surface area contributed by atoms with Gasteiger partial charge in [0.2, 0.25) is 0 Å². The summed E-state index contributed by atoms with van der Waals surface area (Å²) >= 11 is 1.81. The van der Waals surface area contributed by atoms with Crippen molar-refractivity contribution >= 4 is 41.3 Å². The lowest BCUT2D eigenvalue weighted by Crippen LogP contribution is -2.39. The van der Waals surface area contributed by atoms with E-state index in [2.05, 4.69) is 66.0 Å². The van der Waals surface area contributed by atoms with E-state index in [0.717, 1.165) is 32.1 Å². The van der Waals surface area contributed by atoms with E-state index in [0.29, 0.717) is 26.4 Å². The van der Waals surface area contributed by atoms with Crippen LogP contribution in [0.3, 0.4) is 0 Å². The quantitative estimate of drug-likeness (QED) is 0.189. The third kappa shape index (κ3) is 10.4. The van der Waals surface area contributed by atoms with Gasteiger partial charge in [-0.05, 0) is 42.8 Å². The normalized spacial score (nSPS) is 11.2. The van der Waals surface area contributed by atoms with E-state index in [1.165, 1.54) is 16.0 Å². The second-order valence-corrected chi connectivity index (χ2v) is 7.52. The van der Waals surface area contributed by atoms with Gasteiger partial charge >= 0.3 is 0 Å². The van der Waals surface area contributed by atoms with E-state index >= 15 is 0 Å². The molecule has 0 aliphatic rings. The number of benzene rings is 1. The van der Waals surface area contributed by atoms with Gasteiger partial charge < -0.3 is 19.7 Å². The van der Waals surface area contributed by atoms with Crippen molar-refractivity contribution in [2.24, 2.45) is 4.99 Å². The lowest BCUT2D eigenvalue weighted by atomic mass is 10.1. The van der Waals surface area contributed by atoms with Crippen LogP contribution < -0.4 is 5.32 Å². The predicted octanol–water partition coefficient (Wildman–Crippen LogP) is 4.56. The zero-order valence-corrected chi connectivity index (χ0v) is 20.9. The van der Waals surface area contributed by atoms with Crippen molar-refractivity contribution in [2.45, 2.75) is 33.4 Å². The highest BCUT2D eigenvalue weighted by atomic mass is 127. The third-order valence-electron chi connectivity index (χ3n) is 4.22. The van der Waals surface area contributed by atoms with Gasteiger partial charge in [0.1, 0.15) is 0 Å². The van der Waals surface area contributed by atoms with Crippen LogP contribution in [0.15, 0.2) is 46.8 Å². The summed E-state index contributed by atoms with van der Waals surface area (Å²) in [5, 5.41) is 5.52. The largest absolute Gasteiger partial charge is 0.379 e. The number of rotatable bonds is 12. The zero-order chi connectivity index (χ0) is 20.0. The van der Waals surface area contributed by atoms with Crippen molar-refractivity contribution < 1.29 is 9.47 Å². The summed E-state index contributed by atoms with van der Waals surface area (Å²) in [6.45, 7) is 9.14. The van der Waals surface area contributed by atoms with Gasteiger partial charge in [0.15, 0.2) is 5.96 Å². The van der Waals surface area contributed by atoms with Crippen molar-refractivity contribution in [3.63, 3.8) is 0 Å². The second-order valence-electron chi connectivity index (χ2n) is 6.49. The number of hydrogen-bond donors (Lipinski definition) is 1. The predicted molar refractivity (Wildman–Crippen MR) is 133 cm³/mol. The van der Waals surface area contributed by atoms with Crippen molar-refractivity contribution in [1.82, 2.24) is 10.2 Å². The van der Waals surface area contributed by atoms with Crippen LogP contribution in [-0.4, -0.2) is 50.8 Å². The number of ether oxygens (including phenoxy) is 2. The number of halogens is 1. The lowest BCUT2D eigenvalue weighted by Gasteiger charge is -2.21. The summed E-state index contributed by atoms with van der Waals surface area (Å²) in [5.41, 5.74) is 2.35. The van der Waals surface area contributed by atoms with E-state index < -0.39 is 0 Å². The van der Waals surface area contributed by atoms with Crippen molar-refractivity contribution in [1.29, 1.82) is 0 Å². The van der Waals surface area contributed by atoms with Crippen LogP contribution in [0.4, 0.5) is 0 Å². The molecule has 0 amide bonds. The zero-order valence-electron chi connectivity index (χ0n) is 17.7. The molecule has 2 aromatic rings. The topological polar surface area (TPSA) is 46.1 Å². The Hall–Kier alpha value is -1.16. The number of hydrogen-bond acceptors (Lipinski definition) is 4. The van der Waals surface area contributed by atoms with Crippen LogP contribution in [0, 0.1) is 0 Å². The molecule has 0 aliphatic heterocycles. The van der Waals surface area contributed by atoms with Crippen molar-refractivity contribution in [2.75, 3.05) is 40.0 Å². The van der Waals surface area contributed by atoms with Crippen LogP contribution in [0.5, 0.6) is 0 Å². The Balaban J connectivity index is 0.00000420. The maximum absolute atomic E-state index is 5.67.